The predicted octanol–water partition coefficient (Wildman–Crippen LogP) is 5.65. The van der Waals surface area contributed by atoms with E-state index in [1.54, 1.807) is 0 Å². The molecule has 7 rings (SSSR count). The van der Waals surface area contributed by atoms with Crippen LogP contribution in [-0.4, -0.2) is 58.9 Å². The number of nitrogens with one attached hydrogen (secondary N) is 3. The van der Waals surface area contributed by atoms with Crippen LogP contribution in [0.5, 0.6) is 0 Å². The Balaban J connectivity index is 1.12. The lowest BCUT2D eigenvalue weighted by Gasteiger charge is -2.23. The fourth-order valence-corrected chi connectivity index (χ4v) is 7.64. The van der Waals surface area contributed by atoms with Crippen molar-refractivity contribution in [2.75, 3.05) is 13.2 Å². The third kappa shape index (κ3) is 7.31. The van der Waals surface area contributed by atoms with Gasteiger partial charge in [-0.25, -0.2) is 9.78 Å². The van der Waals surface area contributed by atoms with Crippen LogP contribution in [0.3, 0.4) is 0 Å². The second-order valence-electron chi connectivity index (χ2n) is 12.4. The minimum atomic E-state index is -1.07. The highest BCUT2D eigenvalue weighted by Gasteiger charge is 2.32. The summed E-state index contributed by atoms with van der Waals surface area (Å²) in [7, 11) is 0. The first-order chi connectivity index (χ1) is 24.9. The molecule has 0 radical (unpaired) electrons. The molecule has 1 aliphatic carbocycles. The van der Waals surface area contributed by atoms with Crippen LogP contribution in [0, 0.1) is 0 Å². The number of benzene rings is 4. The first-order valence-corrected chi connectivity index (χ1v) is 17.6. The van der Waals surface area contributed by atoms with Crippen LogP contribution in [0.15, 0.2) is 108 Å². The van der Waals surface area contributed by atoms with Gasteiger partial charge in [-0.15, -0.1) is 11.3 Å². The number of hydrogen-bond donors (Lipinski definition) is 5. The van der Waals surface area contributed by atoms with Crippen LogP contribution in [0.4, 0.5) is 4.79 Å². The van der Waals surface area contributed by atoms with Crippen molar-refractivity contribution < 1.29 is 19.1 Å². The molecule has 11 nitrogen and oxygen atoms in total. The van der Waals surface area contributed by atoms with Gasteiger partial charge in [0.05, 0.1) is 16.3 Å². The highest BCUT2D eigenvalue weighted by atomic mass is 32.1. The second-order valence-corrected chi connectivity index (χ2v) is 13.5. The maximum absolute atomic E-state index is 14.2. The number of nitrogens with two attached hydrogens (primary N) is 2. The molecule has 1 aliphatic rings. The van der Waals surface area contributed by atoms with E-state index in [1.165, 1.54) is 11.3 Å². The Labute approximate surface area is 298 Å². The zero-order valence-electron chi connectivity index (χ0n) is 27.7. The lowest BCUT2D eigenvalue weighted by atomic mass is 9.98. The van der Waals surface area contributed by atoms with Crippen LogP contribution < -0.4 is 22.1 Å². The van der Waals surface area contributed by atoms with Crippen molar-refractivity contribution in [3.63, 3.8) is 0 Å². The van der Waals surface area contributed by atoms with Crippen LogP contribution in [0.25, 0.3) is 32.2 Å². The monoisotopic (exact) mass is 699 g/mol. The van der Waals surface area contributed by atoms with E-state index in [9.17, 15) is 14.4 Å². The van der Waals surface area contributed by atoms with E-state index < -0.39 is 24.1 Å². The average Bonchev–Trinajstić information content (AvgIpc) is 3.85. The van der Waals surface area contributed by atoms with Crippen molar-refractivity contribution in [2.24, 2.45) is 16.5 Å². The molecule has 0 bridgehead atoms. The highest BCUT2D eigenvalue weighted by molar-refractivity contribution is 7.20. The van der Waals surface area contributed by atoms with Crippen molar-refractivity contribution >= 4 is 56.2 Å². The Hall–Kier alpha value is -6.01. The van der Waals surface area contributed by atoms with Gasteiger partial charge in [0.2, 0.25) is 11.7 Å². The summed E-state index contributed by atoms with van der Waals surface area (Å²) in [5.41, 5.74) is 17.8. The SMILES string of the molecule is NC(N)=NCCC[C@H](NC(=O)[C@H](Cc1c[nH]c2ccccc12)NC(=O)OCC1c2ccccc2-c2ccccc21)C(=O)c1nc2ccccc2s1. The molecule has 0 saturated carbocycles. The number of guanidine groups is 1. The molecule has 12 heteroatoms. The molecule has 2 atom stereocenters. The summed E-state index contributed by atoms with van der Waals surface area (Å²) in [5, 5.41) is 6.94. The molecule has 0 saturated heterocycles. The molecule has 0 fully saturated rings. The number of Topliss-reactive ketones (excluding diaryl/α,β-unsaturated/α-hetero) is 1. The molecule has 0 spiro atoms. The van der Waals surface area contributed by atoms with Gasteiger partial charge in [-0.05, 0) is 58.9 Å². The number of hydrogen-bond acceptors (Lipinski definition) is 7. The molecule has 2 aromatic heterocycles. The Kier molecular flexibility index (Phi) is 9.75. The van der Waals surface area contributed by atoms with Crippen molar-refractivity contribution in [1.82, 2.24) is 20.6 Å². The van der Waals surface area contributed by atoms with Crippen LogP contribution >= 0.6 is 11.3 Å². The van der Waals surface area contributed by atoms with E-state index in [4.69, 9.17) is 16.2 Å². The minimum Gasteiger partial charge on any atom is -0.449 e. The summed E-state index contributed by atoms with van der Waals surface area (Å²) in [6, 6.07) is 29.4. The Morgan fingerprint density at radius 2 is 1.55 bits per heavy atom. The number of carbonyl (C=O) groups is 3. The molecule has 258 valence electrons. The maximum Gasteiger partial charge on any atom is 0.407 e. The summed E-state index contributed by atoms with van der Waals surface area (Å²) in [4.78, 5) is 53.4. The largest absolute Gasteiger partial charge is 0.449 e. The number of carbonyl (C=O) groups excluding carboxylic acids is 3. The minimum absolute atomic E-state index is 0.0563. The zero-order valence-corrected chi connectivity index (χ0v) is 28.5. The average molecular weight is 700 g/mol. The molecular formula is C39H37N7O4S. The maximum atomic E-state index is 14.2. The number of nitrogens with zero attached hydrogens (tertiary/aromatic N) is 2. The number of aromatic amines is 1. The number of ketones is 1. The quantitative estimate of drug-likeness (QED) is 0.0448. The highest BCUT2D eigenvalue weighted by Crippen LogP contribution is 2.44. The van der Waals surface area contributed by atoms with E-state index in [2.05, 4.69) is 37.7 Å². The van der Waals surface area contributed by atoms with E-state index >= 15 is 0 Å². The number of para-hydroxylation sites is 2. The standard InChI is InChI=1S/C39H37N7O4S/c40-38(41)42-19-9-17-32(35(47)37-45-31-16-7-8-18-34(31)51-37)44-36(48)33(20-23-21-43-30-15-6-5-10-24(23)30)46-39(49)50-22-29-27-13-3-1-11-25(27)26-12-2-4-14-28(26)29/h1-8,10-16,18,21,29,32-33,43H,9,17,19-20,22H2,(H,44,48)(H,46,49)(H4,40,41,42)/t32-,33-/m0/s1. The van der Waals surface area contributed by atoms with E-state index in [1.807, 2.05) is 91.1 Å². The molecule has 0 unspecified atom stereocenters. The van der Waals surface area contributed by atoms with Gasteiger partial charge < -0.3 is 31.8 Å². The van der Waals surface area contributed by atoms with Crippen molar-refractivity contribution in [3.05, 3.63) is 125 Å². The van der Waals surface area contributed by atoms with Crippen LogP contribution in [0.2, 0.25) is 0 Å². The summed E-state index contributed by atoms with van der Waals surface area (Å²) in [6.45, 7) is 0.364. The van der Waals surface area contributed by atoms with Gasteiger partial charge in [0.1, 0.15) is 12.6 Å². The zero-order chi connectivity index (χ0) is 35.3. The number of fused-ring (bicyclic) bond motifs is 5. The second kappa shape index (κ2) is 14.9. The third-order valence-electron chi connectivity index (χ3n) is 9.13. The lowest BCUT2D eigenvalue weighted by Crippen LogP contribution is -2.52. The molecule has 6 aromatic rings. The number of ether oxygens (including phenoxy) is 1. The fourth-order valence-electron chi connectivity index (χ4n) is 6.68. The molecule has 2 amide bonds. The summed E-state index contributed by atoms with van der Waals surface area (Å²) in [6.07, 6.45) is 1.91. The van der Waals surface area contributed by atoms with Crippen molar-refractivity contribution in [2.45, 2.75) is 37.3 Å². The van der Waals surface area contributed by atoms with Gasteiger partial charge in [-0.3, -0.25) is 14.6 Å². The van der Waals surface area contributed by atoms with Gasteiger partial charge in [0, 0.05) is 36.0 Å². The van der Waals surface area contributed by atoms with Gasteiger partial charge in [0.25, 0.3) is 0 Å². The van der Waals surface area contributed by atoms with Crippen LogP contribution in [0.1, 0.15) is 45.3 Å². The molecule has 0 aliphatic heterocycles. The number of H-pyrrole nitrogens is 1. The third-order valence-corrected chi connectivity index (χ3v) is 10.2. The normalized spacial score (nSPS) is 13.3. The number of amides is 2. The van der Waals surface area contributed by atoms with Gasteiger partial charge in [0.15, 0.2) is 11.0 Å². The summed E-state index contributed by atoms with van der Waals surface area (Å²) >= 11 is 1.26. The number of aliphatic imine (C=N–C) groups is 1. The Bertz CT molecular complexity index is 2180. The topological polar surface area (TPSA) is 178 Å². The van der Waals surface area contributed by atoms with Gasteiger partial charge >= 0.3 is 6.09 Å². The number of alkyl carbamates (subject to hydrolysis) is 1. The van der Waals surface area contributed by atoms with Gasteiger partial charge in [-0.1, -0.05) is 78.9 Å². The molecule has 51 heavy (non-hydrogen) atoms. The summed E-state index contributed by atoms with van der Waals surface area (Å²) in [5.74, 6) is -1.07. The van der Waals surface area contributed by atoms with Crippen molar-refractivity contribution in [3.8, 4) is 11.1 Å². The van der Waals surface area contributed by atoms with Crippen LogP contribution in [-0.2, 0) is 16.0 Å². The Morgan fingerprint density at radius 3 is 2.29 bits per heavy atom. The molecule has 4 aromatic carbocycles. The Morgan fingerprint density at radius 1 is 0.863 bits per heavy atom. The molecular weight excluding hydrogens is 663 g/mol. The number of rotatable bonds is 13. The number of thiazole rings is 1. The fraction of sp³-hybridized carbons (Fsp3) is 0.205. The number of aromatic nitrogens is 2. The van der Waals surface area contributed by atoms with E-state index in [0.29, 0.717) is 11.9 Å². The van der Waals surface area contributed by atoms with E-state index in [-0.39, 0.29) is 48.7 Å². The first-order valence-electron chi connectivity index (χ1n) is 16.8. The van der Waals surface area contributed by atoms with E-state index in [0.717, 1.165) is 43.4 Å². The smallest absolute Gasteiger partial charge is 0.407 e. The summed E-state index contributed by atoms with van der Waals surface area (Å²) < 4.78 is 6.69. The van der Waals surface area contributed by atoms with Crippen molar-refractivity contribution in [1.29, 1.82) is 0 Å². The lowest BCUT2D eigenvalue weighted by molar-refractivity contribution is -0.123. The molecule has 2 heterocycles. The van der Waals surface area contributed by atoms with Gasteiger partial charge in [-0.2, -0.15) is 0 Å². The predicted molar refractivity (Wildman–Crippen MR) is 200 cm³/mol. The first kappa shape index (κ1) is 33.5. The molecule has 7 N–H and O–H groups in total.